The lowest BCUT2D eigenvalue weighted by atomic mass is 10.0. The predicted octanol–water partition coefficient (Wildman–Crippen LogP) is 3.44. The number of amides is 3. The largest absolute Gasteiger partial charge is 0.490 e. The van der Waals surface area contributed by atoms with E-state index in [1.165, 1.54) is 11.0 Å². The summed E-state index contributed by atoms with van der Waals surface area (Å²) in [5.74, 6) is -3.60. The first-order valence-corrected chi connectivity index (χ1v) is 10.8. The minimum absolute atomic E-state index is 0.236. The number of hydrogen-bond acceptors (Lipinski definition) is 6. The van der Waals surface area contributed by atoms with Crippen LogP contribution < -0.4 is 9.80 Å². The minimum atomic E-state index is -5.08. The molecule has 2 aliphatic heterocycles. The van der Waals surface area contributed by atoms with E-state index in [0.29, 0.717) is 32.0 Å². The van der Waals surface area contributed by atoms with Gasteiger partial charge in [0.25, 0.3) is 5.91 Å². The van der Waals surface area contributed by atoms with E-state index in [0.717, 1.165) is 10.5 Å². The number of aromatic nitrogens is 1. The molecule has 9 nitrogen and oxygen atoms in total. The van der Waals surface area contributed by atoms with Crippen molar-refractivity contribution < 1.29 is 41.8 Å². The summed E-state index contributed by atoms with van der Waals surface area (Å²) in [5, 5.41) is 7.12. The van der Waals surface area contributed by atoms with Gasteiger partial charge in [0.2, 0.25) is 0 Å². The Bertz CT molecular complexity index is 1120. The number of hydrogen-bond donors (Lipinski definition) is 1. The summed E-state index contributed by atoms with van der Waals surface area (Å²) in [6, 6.07) is 7.63. The van der Waals surface area contributed by atoms with Crippen LogP contribution in [-0.4, -0.2) is 70.9 Å². The number of ether oxygens (including phenoxy) is 1. The van der Waals surface area contributed by atoms with Gasteiger partial charge in [-0.25, -0.2) is 18.9 Å². The fourth-order valence-electron chi connectivity index (χ4n) is 3.70. The van der Waals surface area contributed by atoms with Gasteiger partial charge in [0.05, 0.1) is 24.6 Å². The summed E-state index contributed by atoms with van der Waals surface area (Å²) in [6.45, 7) is 5.96. The first kappa shape index (κ1) is 26.9. The molecule has 2 aliphatic rings. The van der Waals surface area contributed by atoms with Crippen molar-refractivity contribution in [1.82, 2.24) is 9.88 Å². The van der Waals surface area contributed by atoms with E-state index < -0.39 is 29.5 Å². The summed E-state index contributed by atoms with van der Waals surface area (Å²) in [6.07, 6.45) is -1.80. The summed E-state index contributed by atoms with van der Waals surface area (Å²) in [7, 11) is 0. The van der Waals surface area contributed by atoms with Crippen LogP contribution in [-0.2, 0) is 20.9 Å². The van der Waals surface area contributed by atoms with Gasteiger partial charge in [0.1, 0.15) is 11.4 Å². The zero-order valence-electron chi connectivity index (χ0n) is 19.5. The first-order valence-electron chi connectivity index (χ1n) is 10.8. The Morgan fingerprint density at radius 3 is 2.22 bits per heavy atom. The summed E-state index contributed by atoms with van der Waals surface area (Å²) in [5.41, 5.74) is 0.508. The molecular formula is C23H24F4N4O5. The number of imide groups is 1. The fraction of sp³-hybridized carbons (Fsp3) is 0.391. The third-order valence-electron chi connectivity index (χ3n) is 5.70. The van der Waals surface area contributed by atoms with Crippen LogP contribution in [0.2, 0.25) is 0 Å². The van der Waals surface area contributed by atoms with Crippen LogP contribution in [0.5, 0.6) is 0 Å². The molecule has 194 valence electrons. The first-order chi connectivity index (χ1) is 16.8. The molecule has 0 bridgehead atoms. The molecule has 2 fully saturated rings. The topological polar surface area (TPSA) is 103 Å². The van der Waals surface area contributed by atoms with Gasteiger partial charge in [-0.1, -0.05) is 0 Å². The maximum absolute atomic E-state index is 14.8. The average Bonchev–Trinajstić information content (AvgIpc) is 2.99. The molecule has 1 N–H and O–H groups in total. The van der Waals surface area contributed by atoms with Crippen LogP contribution >= 0.6 is 0 Å². The van der Waals surface area contributed by atoms with E-state index in [-0.39, 0.29) is 18.1 Å². The highest BCUT2D eigenvalue weighted by molar-refractivity contribution is 6.23. The Morgan fingerprint density at radius 1 is 1.11 bits per heavy atom. The number of morpholine rings is 1. The van der Waals surface area contributed by atoms with Crippen molar-refractivity contribution in [3.8, 4) is 0 Å². The molecule has 0 saturated carbocycles. The van der Waals surface area contributed by atoms with Crippen LogP contribution in [0.3, 0.4) is 0 Å². The highest BCUT2D eigenvalue weighted by atomic mass is 19.4. The molecule has 0 radical (unpaired) electrons. The predicted molar refractivity (Wildman–Crippen MR) is 120 cm³/mol. The van der Waals surface area contributed by atoms with E-state index in [9.17, 15) is 27.2 Å². The second-order valence-electron chi connectivity index (χ2n) is 8.46. The Balaban J connectivity index is 0.000000454. The molecule has 4 rings (SSSR count). The van der Waals surface area contributed by atoms with Gasteiger partial charge >= 0.3 is 18.2 Å². The number of urea groups is 1. The second kappa shape index (κ2) is 10.5. The number of halogens is 4. The highest BCUT2D eigenvalue weighted by Crippen LogP contribution is 2.35. The summed E-state index contributed by atoms with van der Waals surface area (Å²) in [4.78, 5) is 43.5. The molecule has 36 heavy (non-hydrogen) atoms. The number of carboxylic acids is 1. The lowest BCUT2D eigenvalue weighted by molar-refractivity contribution is -0.192. The number of benzene rings is 1. The number of carbonyl (C=O) groups is 3. The fourth-order valence-corrected chi connectivity index (χ4v) is 3.70. The Morgan fingerprint density at radius 2 is 1.69 bits per heavy atom. The molecule has 0 aliphatic carbocycles. The minimum Gasteiger partial charge on any atom is -0.475 e. The van der Waals surface area contributed by atoms with Crippen molar-refractivity contribution in [3.05, 3.63) is 54.1 Å². The van der Waals surface area contributed by atoms with E-state index in [2.05, 4.69) is 4.98 Å². The molecule has 0 spiro atoms. The van der Waals surface area contributed by atoms with Gasteiger partial charge in [0, 0.05) is 38.1 Å². The van der Waals surface area contributed by atoms with Gasteiger partial charge in [-0.05, 0) is 43.7 Å². The lowest BCUT2D eigenvalue weighted by Crippen LogP contribution is -2.43. The van der Waals surface area contributed by atoms with Gasteiger partial charge in [-0.2, -0.15) is 13.2 Å². The lowest BCUT2D eigenvalue weighted by Gasteiger charge is -2.29. The number of carboxylic acid groups (broad SMARTS) is 1. The van der Waals surface area contributed by atoms with E-state index in [1.807, 2.05) is 4.90 Å². The van der Waals surface area contributed by atoms with Crippen molar-refractivity contribution in [2.75, 3.05) is 36.1 Å². The third kappa shape index (κ3) is 5.73. The van der Waals surface area contributed by atoms with Crippen LogP contribution in [0, 0.1) is 5.82 Å². The average molecular weight is 512 g/mol. The van der Waals surface area contributed by atoms with Crippen LogP contribution in [0.25, 0.3) is 0 Å². The maximum atomic E-state index is 14.8. The molecule has 2 saturated heterocycles. The smallest absolute Gasteiger partial charge is 0.475 e. The van der Waals surface area contributed by atoms with Crippen molar-refractivity contribution in [3.63, 3.8) is 0 Å². The summed E-state index contributed by atoms with van der Waals surface area (Å²) >= 11 is 0. The van der Waals surface area contributed by atoms with E-state index >= 15 is 0 Å². The SMILES string of the molecule is CC1(C)C(=O)N(c2ccc(N3CCOCC3)c(F)c2)C(=O)N1Cc1ccncc1.O=C(O)C(F)(F)F. The number of rotatable bonds is 4. The van der Waals surface area contributed by atoms with Crippen molar-refractivity contribution in [1.29, 1.82) is 0 Å². The maximum Gasteiger partial charge on any atom is 0.490 e. The third-order valence-corrected chi connectivity index (χ3v) is 5.70. The molecular weight excluding hydrogens is 488 g/mol. The second-order valence-corrected chi connectivity index (χ2v) is 8.46. The number of carbonyl (C=O) groups excluding carboxylic acids is 2. The van der Waals surface area contributed by atoms with Crippen LogP contribution in [0.15, 0.2) is 42.7 Å². The van der Waals surface area contributed by atoms with Crippen molar-refractivity contribution in [2.24, 2.45) is 0 Å². The molecule has 3 amide bonds. The number of aliphatic carboxylic acids is 1. The molecule has 0 atom stereocenters. The van der Waals surface area contributed by atoms with Gasteiger partial charge in [-0.3, -0.25) is 9.78 Å². The molecule has 13 heteroatoms. The molecule has 3 heterocycles. The monoisotopic (exact) mass is 512 g/mol. The molecule has 1 aromatic carbocycles. The van der Waals surface area contributed by atoms with Crippen molar-refractivity contribution in [2.45, 2.75) is 32.1 Å². The molecule has 2 aromatic rings. The Labute approximate surface area is 203 Å². The van der Waals surface area contributed by atoms with Gasteiger partial charge < -0.3 is 19.6 Å². The number of alkyl halides is 3. The van der Waals surface area contributed by atoms with Gasteiger partial charge in [-0.15, -0.1) is 0 Å². The van der Waals surface area contributed by atoms with E-state index in [4.69, 9.17) is 14.6 Å². The van der Waals surface area contributed by atoms with Crippen molar-refractivity contribution >= 4 is 29.3 Å². The molecule has 1 aromatic heterocycles. The normalized spacial score (nSPS) is 17.7. The number of nitrogens with zero attached hydrogens (tertiary/aromatic N) is 4. The van der Waals surface area contributed by atoms with Gasteiger partial charge in [0.15, 0.2) is 0 Å². The highest BCUT2D eigenvalue weighted by Gasteiger charge is 2.51. The zero-order valence-corrected chi connectivity index (χ0v) is 19.5. The summed E-state index contributed by atoms with van der Waals surface area (Å²) < 4.78 is 51.9. The van der Waals surface area contributed by atoms with E-state index in [1.54, 1.807) is 50.5 Å². The van der Waals surface area contributed by atoms with Crippen LogP contribution in [0.4, 0.5) is 33.7 Å². The number of pyridine rings is 1. The molecule has 0 unspecified atom stereocenters. The number of anilines is 2. The standard InChI is InChI=1S/C21H23FN4O3.C2HF3O2/c1-21(2)19(27)26(20(28)25(21)14-15-5-7-23-8-6-15)16-3-4-18(17(22)13-16)24-9-11-29-12-10-24;3-2(4,5)1(6)7/h3-8,13H,9-12,14H2,1-2H3;(H,6,7). The quantitative estimate of drug-likeness (QED) is 0.495. The zero-order chi connectivity index (χ0) is 26.7. The Kier molecular flexibility index (Phi) is 7.82. The van der Waals surface area contributed by atoms with Crippen LogP contribution in [0.1, 0.15) is 19.4 Å². The Hall–Kier alpha value is -3.74.